The van der Waals surface area contributed by atoms with Gasteiger partial charge < -0.3 is 20.1 Å². The molecule has 0 aromatic rings. The molecule has 0 atom stereocenters. The van der Waals surface area contributed by atoms with E-state index < -0.39 is 0 Å². The minimum absolute atomic E-state index is 0.820. The Morgan fingerprint density at radius 1 is 0.571 bits per heavy atom. The fraction of sp³-hybridized carbons (Fsp3) is 1.00. The van der Waals surface area contributed by atoms with Crippen LogP contribution >= 0.6 is 0 Å². The van der Waals surface area contributed by atoms with Gasteiger partial charge in [0, 0.05) is 26.3 Å². The van der Waals surface area contributed by atoms with Crippen molar-refractivity contribution < 1.29 is 9.47 Å². The highest BCUT2D eigenvalue weighted by molar-refractivity contribution is 4.50. The molecular formula is C10H22N2O2. The second-order valence-electron chi connectivity index (χ2n) is 3.43. The van der Waals surface area contributed by atoms with Crippen LogP contribution in [0, 0.1) is 0 Å². The summed E-state index contributed by atoms with van der Waals surface area (Å²) < 4.78 is 10.9. The van der Waals surface area contributed by atoms with E-state index in [1.54, 1.807) is 0 Å². The zero-order chi connectivity index (χ0) is 9.90. The maximum atomic E-state index is 5.44. The van der Waals surface area contributed by atoms with E-state index in [0.29, 0.717) is 0 Å². The van der Waals surface area contributed by atoms with Gasteiger partial charge >= 0.3 is 0 Å². The molecule has 0 unspecified atom stereocenters. The second-order valence-corrected chi connectivity index (χ2v) is 3.43. The van der Waals surface area contributed by atoms with Crippen LogP contribution in [0.2, 0.25) is 0 Å². The van der Waals surface area contributed by atoms with E-state index in [9.17, 15) is 0 Å². The van der Waals surface area contributed by atoms with Crippen molar-refractivity contribution in [2.75, 3.05) is 52.6 Å². The van der Waals surface area contributed by atoms with E-state index in [4.69, 9.17) is 9.47 Å². The molecule has 4 heteroatoms. The fourth-order valence-corrected chi connectivity index (χ4v) is 1.34. The van der Waals surface area contributed by atoms with E-state index in [-0.39, 0.29) is 0 Å². The van der Waals surface area contributed by atoms with Crippen LogP contribution in [0.25, 0.3) is 0 Å². The molecule has 84 valence electrons. The molecule has 0 amide bonds. The van der Waals surface area contributed by atoms with E-state index in [2.05, 4.69) is 10.6 Å². The Hall–Kier alpha value is -0.160. The maximum Gasteiger partial charge on any atom is 0.0590 e. The Morgan fingerprint density at radius 2 is 1.07 bits per heavy atom. The summed E-state index contributed by atoms with van der Waals surface area (Å²) in [4.78, 5) is 0. The van der Waals surface area contributed by atoms with Crippen LogP contribution in [0.5, 0.6) is 0 Å². The van der Waals surface area contributed by atoms with Crippen molar-refractivity contribution >= 4 is 0 Å². The lowest BCUT2D eigenvalue weighted by Gasteiger charge is -2.09. The zero-order valence-corrected chi connectivity index (χ0v) is 8.89. The molecule has 0 aliphatic carbocycles. The fourth-order valence-electron chi connectivity index (χ4n) is 1.34. The molecule has 1 saturated heterocycles. The van der Waals surface area contributed by atoms with E-state index in [1.807, 2.05) is 0 Å². The van der Waals surface area contributed by atoms with Crippen LogP contribution in [-0.2, 0) is 9.47 Å². The molecule has 0 spiro atoms. The summed E-state index contributed by atoms with van der Waals surface area (Å²) in [7, 11) is 0. The van der Waals surface area contributed by atoms with Crippen molar-refractivity contribution in [3.8, 4) is 0 Å². The Kier molecular flexibility index (Phi) is 8.00. The first-order valence-corrected chi connectivity index (χ1v) is 5.57. The lowest BCUT2D eigenvalue weighted by atomic mass is 10.4. The Morgan fingerprint density at radius 3 is 1.57 bits per heavy atom. The highest BCUT2D eigenvalue weighted by Gasteiger charge is 1.94. The summed E-state index contributed by atoms with van der Waals surface area (Å²) in [5.74, 6) is 0. The van der Waals surface area contributed by atoms with E-state index in [0.717, 1.165) is 65.4 Å². The third-order valence-electron chi connectivity index (χ3n) is 2.13. The molecule has 0 aromatic carbocycles. The van der Waals surface area contributed by atoms with Crippen LogP contribution in [0.1, 0.15) is 12.8 Å². The van der Waals surface area contributed by atoms with Gasteiger partial charge in [0.15, 0.2) is 0 Å². The van der Waals surface area contributed by atoms with Gasteiger partial charge in [-0.25, -0.2) is 0 Å². The van der Waals surface area contributed by atoms with Crippen molar-refractivity contribution in [1.82, 2.24) is 10.6 Å². The number of nitrogens with one attached hydrogen (secondary N) is 2. The van der Waals surface area contributed by atoms with Gasteiger partial charge in [0.2, 0.25) is 0 Å². The minimum Gasteiger partial charge on any atom is -0.380 e. The summed E-state index contributed by atoms with van der Waals surface area (Å²) in [5.41, 5.74) is 0. The molecule has 1 heterocycles. The second kappa shape index (κ2) is 9.40. The molecule has 0 bridgehead atoms. The van der Waals surface area contributed by atoms with Crippen molar-refractivity contribution in [1.29, 1.82) is 0 Å². The van der Waals surface area contributed by atoms with Crippen LogP contribution < -0.4 is 10.6 Å². The molecule has 2 N–H and O–H groups in total. The van der Waals surface area contributed by atoms with Gasteiger partial charge in [0.25, 0.3) is 0 Å². The molecule has 4 nitrogen and oxygen atoms in total. The third-order valence-corrected chi connectivity index (χ3v) is 2.13. The first-order chi connectivity index (χ1) is 7.00. The summed E-state index contributed by atoms with van der Waals surface area (Å²) in [6, 6.07) is 0. The summed E-state index contributed by atoms with van der Waals surface area (Å²) in [5, 5.41) is 6.64. The van der Waals surface area contributed by atoms with Crippen molar-refractivity contribution in [3.05, 3.63) is 0 Å². The largest absolute Gasteiger partial charge is 0.380 e. The van der Waals surface area contributed by atoms with Crippen molar-refractivity contribution in [2.24, 2.45) is 0 Å². The van der Waals surface area contributed by atoms with Crippen LogP contribution in [0.4, 0.5) is 0 Å². The molecule has 0 saturated carbocycles. The topological polar surface area (TPSA) is 42.5 Å². The van der Waals surface area contributed by atoms with Crippen LogP contribution in [0.3, 0.4) is 0 Å². The smallest absolute Gasteiger partial charge is 0.0590 e. The molecule has 1 aliphatic rings. The number of ether oxygens (including phenoxy) is 2. The van der Waals surface area contributed by atoms with Gasteiger partial charge in [0.05, 0.1) is 13.2 Å². The predicted octanol–water partition coefficient (Wildman–Crippen LogP) is -0.00740. The first-order valence-electron chi connectivity index (χ1n) is 5.57. The first kappa shape index (κ1) is 11.9. The highest BCUT2D eigenvalue weighted by Crippen LogP contribution is 1.84. The van der Waals surface area contributed by atoms with Crippen LogP contribution in [-0.4, -0.2) is 52.6 Å². The lowest BCUT2D eigenvalue weighted by Crippen LogP contribution is -2.26. The molecule has 1 aliphatic heterocycles. The maximum absolute atomic E-state index is 5.44. The van der Waals surface area contributed by atoms with Gasteiger partial charge in [-0.15, -0.1) is 0 Å². The van der Waals surface area contributed by atoms with Crippen LogP contribution in [0.15, 0.2) is 0 Å². The van der Waals surface area contributed by atoms with Gasteiger partial charge in [-0.3, -0.25) is 0 Å². The van der Waals surface area contributed by atoms with Crippen molar-refractivity contribution in [2.45, 2.75) is 12.8 Å². The highest BCUT2D eigenvalue weighted by atomic mass is 16.5. The molecule has 1 rings (SSSR count). The van der Waals surface area contributed by atoms with Crippen molar-refractivity contribution in [3.63, 3.8) is 0 Å². The Balaban J connectivity index is 2.00. The molecule has 0 radical (unpaired) electrons. The van der Waals surface area contributed by atoms with Gasteiger partial charge in [-0.1, -0.05) is 0 Å². The summed E-state index contributed by atoms with van der Waals surface area (Å²) >= 11 is 0. The average Bonchev–Trinajstić information content (AvgIpc) is 2.22. The van der Waals surface area contributed by atoms with E-state index >= 15 is 0 Å². The summed E-state index contributed by atoms with van der Waals surface area (Å²) in [6.45, 7) is 7.31. The SMILES string of the molecule is C1CNCCOCCCNCCOC1. The molecular weight excluding hydrogens is 180 g/mol. The van der Waals surface area contributed by atoms with Gasteiger partial charge in [0.1, 0.15) is 0 Å². The standard InChI is InChI=1S/C10H22N2O2/c1-3-11-5-10-14-8-2-4-12-6-9-13-7-1/h11-12H,1-10H2. The average molecular weight is 202 g/mol. The van der Waals surface area contributed by atoms with Gasteiger partial charge in [-0.2, -0.15) is 0 Å². The summed E-state index contributed by atoms with van der Waals surface area (Å²) in [6.07, 6.45) is 2.17. The Labute approximate surface area is 86.3 Å². The molecule has 14 heavy (non-hydrogen) atoms. The minimum atomic E-state index is 0.820. The number of hydrogen-bond acceptors (Lipinski definition) is 4. The monoisotopic (exact) mass is 202 g/mol. The number of hydrogen-bond donors (Lipinski definition) is 2. The third kappa shape index (κ3) is 7.26. The zero-order valence-electron chi connectivity index (χ0n) is 8.89. The van der Waals surface area contributed by atoms with E-state index in [1.165, 1.54) is 0 Å². The normalized spacial score (nSPS) is 24.0. The lowest BCUT2D eigenvalue weighted by molar-refractivity contribution is 0.117. The Bertz CT molecular complexity index is 69.4. The quantitative estimate of drug-likeness (QED) is 0.580. The predicted molar refractivity (Wildman–Crippen MR) is 56.6 cm³/mol. The number of rotatable bonds is 0. The molecule has 1 fully saturated rings. The molecule has 0 aromatic heterocycles. The van der Waals surface area contributed by atoms with Gasteiger partial charge in [-0.05, 0) is 25.9 Å².